The standard InChI is InChI=1S/C22H22ClF2N5O/c1-11(22(2,3)4)28-20-19(17-14(24)7-6-13(23)18(17)25)30(21(31)29-20)12-5-8-15-16(9-12)27-10-26-15/h5-11,19H,1-4H3,(H,26,27)(H,28,29,31). The SMILES string of the molecule is CC(N=C1NC(=O)N(c2ccc3[nH]cnc3c2)C1c1c(F)ccc(Cl)c1F)C(C)(C)C. The third kappa shape index (κ3) is 3.76. The number of H-pyrrole nitrogens is 1. The number of imidazole rings is 1. The quantitative estimate of drug-likeness (QED) is 0.515. The van der Waals surface area contributed by atoms with E-state index in [4.69, 9.17) is 11.6 Å². The number of benzene rings is 2. The van der Waals surface area contributed by atoms with Crippen LogP contribution in [0.2, 0.25) is 5.02 Å². The molecule has 3 aromatic rings. The number of nitrogens with one attached hydrogen (secondary N) is 2. The Labute approximate surface area is 183 Å². The molecule has 1 aromatic heterocycles. The Hall–Kier alpha value is -3.00. The number of aromatic nitrogens is 2. The topological polar surface area (TPSA) is 73.4 Å². The zero-order valence-electron chi connectivity index (χ0n) is 17.5. The highest BCUT2D eigenvalue weighted by Gasteiger charge is 2.43. The van der Waals surface area contributed by atoms with Crippen LogP contribution in [-0.4, -0.2) is 27.9 Å². The third-order valence-corrected chi connectivity index (χ3v) is 5.89. The molecule has 6 nitrogen and oxygen atoms in total. The number of fused-ring (bicyclic) bond motifs is 1. The highest BCUT2D eigenvalue weighted by atomic mass is 35.5. The van der Waals surface area contributed by atoms with Gasteiger partial charge in [0.05, 0.1) is 34.0 Å². The normalized spacial score (nSPS) is 19.3. The van der Waals surface area contributed by atoms with Gasteiger partial charge < -0.3 is 4.98 Å². The minimum atomic E-state index is -1.15. The lowest BCUT2D eigenvalue weighted by atomic mass is 9.88. The second-order valence-corrected chi connectivity index (χ2v) is 9.03. The first-order valence-electron chi connectivity index (χ1n) is 9.82. The lowest BCUT2D eigenvalue weighted by Gasteiger charge is -2.27. The molecule has 2 heterocycles. The van der Waals surface area contributed by atoms with E-state index in [1.807, 2.05) is 27.7 Å². The first-order chi connectivity index (χ1) is 14.6. The third-order valence-electron chi connectivity index (χ3n) is 5.59. The number of amidine groups is 1. The van der Waals surface area contributed by atoms with Gasteiger partial charge in [-0.1, -0.05) is 32.4 Å². The van der Waals surface area contributed by atoms with E-state index in [2.05, 4.69) is 20.3 Å². The second-order valence-electron chi connectivity index (χ2n) is 8.62. The van der Waals surface area contributed by atoms with Gasteiger partial charge in [-0.15, -0.1) is 0 Å². The van der Waals surface area contributed by atoms with Crippen molar-refractivity contribution in [1.29, 1.82) is 0 Å². The average Bonchev–Trinajstić information content (AvgIpc) is 3.28. The summed E-state index contributed by atoms with van der Waals surface area (Å²) in [6, 6.07) is 5.42. The van der Waals surface area contributed by atoms with E-state index in [1.54, 1.807) is 18.2 Å². The summed E-state index contributed by atoms with van der Waals surface area (Å²) in [6.45, 7) is 7.88. The van der Waals surface area contributed by atoms with Crippen molar-refractivity contribution in [3.8, 4) is 0 Å². The van der Waals surface area contributed by atoms with Crippen molar-refractivity contribution < 1.29 is 13.6 Å². The maximum absolute atomic E-state index is 15.1. The Bertz CT molecular complexity index is 1200. The molecule has 2 atom stereocenters. The van der Waals surface area contributed by atoms with Crippen molar-refractivity contribution in [2.75, 3.05) is 4.90 Å². The van der Waals surface area contributed by atoms with Gasteiger partial charge in [-0.3, -0.25) is 15.2 Å². The average molecular weight is 446 g/mol. The van der Waals surface area contributed by atoms with E-state index in [0.29, 0.717) is 11.2 Å². The Morgan fingerprint density at radius 3 is 2.68 bits per heavy atom. The number of aliphatic imine (C=N–C) groups is 1. The fraction of sp³-hybridized carbons (Fsp3) is 0.318. The van der Waals surface area contributed by atoms with Crippen LogP contribution in [0.5, 0.6) is 0 Å². The monoisotopic (exact) mass is 445 g/mol. The Kier molecular flexibility index (Phi) is 5.21. The number of anilines is 1. The molecule has 0 bridgehead atoms. The first kappa shape index (κ1) is 21.2. The number of hydrogen-bond donors (Lipinski definition) is 2. The van der Waals surface area contributed by atoms with Gasteiger partial charge in [-0.25, -0.2) is 18.6 Å². The number of hydrogen-bond acceptors (Lipinski definition) is 3. The summed E-state index contributed by atoms with van der Waals surface area (Å²) in [4.78, 5) is 26.1. The lowest BCUT2D eigenvalue weighted by molar-refractivity contribution is 0.252. The minimum Gasteiger partial charge on any atom is -0.345 e. The number of halogens is 3. The Morgan fingerprint density at radius 1 is 1.23 bits per heavy atom. The molecule has 0 saturated carbocycles. The fourth-order valence-electron chi connectivity index (χ4n) is 3.38. The van der Waals surface area contributed by atoms with Crippen molar-refractivity contribution in [2.24, 2.45) is 10.4 Å². The number of amides is 2. The van der Waals surface area contributed by atoms with Gasteiger partial charge in [-0.2, -0.15) is 0 Å². The summed E-state index contributed by atoms with van der Waals surface area (Å²) >= 11 is 5.96. The molecule has 1 saturated heterocycles. The van der Waals surface area contributed by atoms with Gasteiger partial charge in [0.25, 0.3) is 0 Å². The summed E-state index contributed by atoms with van der Waals surface area (Å²) < 4.78 is 30.0. The van der Waals surface area contributed by atoms with Crippen LogP contribution >= 0.6 is 11.6 Å². The summed E-state index contributed by atoms with van der Waals surface area (Å²) in [5, 5.41) is 2.47. The Balaban J connectivity index is 1.92. The Morgan fingerprint density at radius 2 is 1.97 bits per heavy atom. The predicted molar refractivity (Wildman–Crippen MR) is 118 cm³/mol. The molecule has 1 fully saturated rings. The number of carbonyl (C=O) groups excluding carboxylic acids is 1. The fourth-order valence-corrected chi connectivity index (χ4v) is 3.54. The summed E-state index contributed by atoms with van der Waals surface area (Å²) in [7, 11) is 0. The number of aromatic amines is 1. The molecule has 4 rings (SSSR count). The second kappa shape index (κ2) is 7.60. The lowest BCUT2D eigenvalue weighted by Crippen LogP contribution is -2.31. The molecule has 31 heavy (non-hydrogen) atoms. The van der Waals surface area contributed by atoms with Gasteiger partial charge in [0.2, 0.25) is 0 Å². The molecule has 1 aliphatic heterocycles. The summed E-state index contributed by atoms with van der Waals surface area (Å²) in [6.07, 6.45) is 1.53. The maximum Gasteiger partial charge on any atom is 0.328 e. The van der Waals surface area contributed by atoms with E-state index >= 15 is 4.39 Å². The number of rotatable bonds is 3. The van der Waals surface area contributed by atoms with E-state index in [1.165, 1.54) is 11.2 Å². The van der Waals surface area contributed by atoms with Crippen LogP contribution in [0.4, 0.5) is 19.3 Å². The highest BCUT2D eigenvalue weighted by molar-refractivity contribution is 6.31. The number of carbonyl (C=O) groups is 1. The van der Waals surface area contributed by atoms with Crippen molar-refractivity contribution in [3.63, 3.8) is 0 Å². The molecule has 2 aromatic carbocycles. The van der Waals surface area contributed by atoms with Gasteiger partial charge in [0.15, 0.2) is 0 Å². The van der Waals surface area contributed by atoms with Crippen LogP contribution in [0.25, 0.3) is 11.0 Å². The molecular weight excluding hydrogens is 424 g/mol. The zero-order chi connectivity index (χ0) is 22.5. The van der Waals surface area contributed by atoms with E-state index in [9.17, 15) is 9.18 Å². The van der Waals surface area contributed by atoms with Crippen molar-refractivity contribution in [2.45, 2.75) is 39.8 Å². The van der Waals surface area contributed by atoms with Crippen LogP contribution in [0.15, 0.2) is 41.7 Å². The number of urea groups is 1. The van der Waals surface area contributed by atoms with Crippen LogP contribution in [0, 0.1) is 17.0 Å². The molecule has 2 unspecified atom stereocenters. The van der Waals surface area contributed by atoms with Crippen molar-refractivity contribution in [3.05, 3.63) is 58.9 Å². The largest absolute Gasteiger partial charge is 0.345 e. The molecule has 0 aliphatic carbocycles. The predicted octanol–water partition coefficient (Wildman–Crippen LogP) is 5.60. The van der Waals surface area contributed by atoms with Crippen molar-refractivity contribution in [1.82, 2.24) is 15.3 Å². The molecule has 2 amide bonds. The summed E-state index contributed by atoms with van der Waals surface area (Å²) in [5.74, 6) is -1.58. The van der Waals surface area contributed by atoms with E-state index < -0.39 is 23.7 Å². The van der Waals surface area contributed by atoms with Crippen LogP contribution in [-0.2, 0) is 0 Å². The van der Waals surface area contributed by atoms with E-state index in [-0.39, 0.29) is 27.9 Å². The molecule has 162 valence electrons. The van der Waals surface area contributed by atoms with Crippen LogP contribution in [0.1, 0.15) is 39.3 Å². The smallest absolute Gasteiger partial charge is 0.328 e. The molecule has 0 spiro atoms. The molecular formula is C22H22ClF2N5O. The zero-order valence-corrected chi connectivity index (χ0v) is 18.3. The highest BCUT2D eigenvalue weighted by Crippen LogP contribution is 2.38. The van der Waals surface area contributed by atoms with Gasteiger partial charge in [0, 0.05) is 5.69 Å². The number of nitrogens with zero attached hydrogens (tertiary/aromatic N) is 3. The molecule has 2 N–H and O–H groups in total. The van der Waals surface area contributed by atoms with Gasteiger partial charge >= 0.3 is 6.03 Å². The van der Waals surface area contributed by atoms with Gasteiger partial charge in [0.1, 0.15) is 23.5 Å². The molecule has 1 aliphatic rings. The molecule has 0 radical (unpaired) electrons. The minimum absolute atomic E-state index is 0.162. The summed E-state index contributed by atoms with van der Waals surface area (Å²) in [5.41, 5.74) is 1.25. The maximum atomic E-state index is 15.1. The van der Waals surface area contributed by atoms with E-state index in [0.717, 1.165) is 17.6 Å². The van der Waals surface area contributed by atoms with Crippen LogP contribution in [0.3, 0.4) is 0 Å². The van der Waals surface area contributed by atoms with Gasteiger partial charge in [-0.05, 0) is 42.7 Å². The first-order valence-corrected chi connectivity index (χ1v) is 10.2. The molecule has 9 heteroatoms. The van der Waals surface area contributed by atoms with Crippen LogP contribution < -0.4 is 10.2 Å². The van der Waals surface area contributed by atoms with Crippen molar-refractivity contribution >= 4 is 40.2 Å².